The number of aromatic nitrogens is 2. The van der Waals surface area contributed by atoms with E-state index in [1.165, 1.54) is 0 Å². The molecule has 1 N–H and O–H groups in total. The van der Waals surface area contributed by atoms with E-state index in [-0.39, 0.29) is 0 Å². The van der Waals surface area contributed by atoms with Crippen molar-refractivity contribution < 1.29 is 19.1 Å². The number of benzene rings is 1. The third kappa shape index (κ3) is 5.58. The van der Waals surface area contributed by atoms with Gasteiger partial charge in [0.1, 0.15) is 5.75 Å². The summed E-state index contributed by atoms with van der Waals surface area (Å²) in [4.78, 5) is 24.7. The standard InChI is InChI=1S/C21H29N3O4/c1-6-7-8-13-27-18-11-9-17(10-12-18)21(26)28-16(4)20(25)22-19-14(2)23-24(5)15(19)3/h9-12,16H,6-8,13H2,1-5H3,(H,22,25)/t16-/m1/s1. The van der Waals surface area contributed by atoms with Crippen LogP contribution in [0, 0.1) is 13.8 Å². The molecule has 0 aliphatic heterocycles. The van der Waals surface area contributed by atoms with E-state index >= 15 is 0 Å². The van der Waals surface area contributed by atoms with E-state index < -0.39 is 18.0 Å². The Hall–Kier alpha value is -2.83. The summed E-state index contributed by atoms with van der Waals surface area (Å²) >= 11 is 0. The Labute approximate surface area is 166 Å². The summed E-state index contributed by atoms with van der Waals surface area (Å²) in [6.07, 6.45) is 2.34. The van der Waals surface area contributed by atoms with Gasteiger partial charge in [0.15, 0.2) is 6.10 Å². The fourth-order valence-corrected chi connectivity index (χ4v) is 2.69. The first-order chi connectivity index (χ1) is 13.3. The Morgan fingerprint density at radius 3 is 2.43 bits per heavy atom. The predicted octanol–water partition coefficient (Wildman–Crippen LogP) is 3.79. The highest BCUT2D eigenvalue weighted by atomic mass is 16.5. The summed E-state index contributed by atoms with van der Waals surface area (Å²) in [5.41, 5.74) is 2.55. The molecule has 2 rings (SSSR count). The molecule has 0 radical (unpaired) electrons. The number of ether oxygens (including phenoxy) is 2. The van der Waals surface area contributed by atoms with Gasteiger partial charge in [0.2, 0.25) is 0 Å². The Bertz CT molecular complexity index is 812. The highest BCUT2D eigenvalue weighted by Gasteiger charge is 2.21. The SMILES string of the molecule is CCCCCOc1ccc(C(=O)O[C@H](C)C(=O)Nc2c(C)nn(C)c2C)cc1. The van der Waals surface area contributed by atoms with Crippen molar-refractivity contribution in [2.45, 2.75) is 53.1 Å². The summed E-state index contributed by atoms with van der Waals surface area (Å²) in [5.74, 6) is -0.246. The van der Waals surface area contributed by atoms with E-state index in [0.717, 1.165) is 25.0 Å². The number of anilines is 1. The van der Waals surface area contributed by atoms with Crippen molar-refractivity contribution in [2.75, 3.05) is 11.9 Å². The van der Waals surface area contributed by atoms with Gasteiger partial charge in [-0.1, -0.05) is 19.8 Å². The van der Waals surface area contributed by atoms with Gasteiger partial charge < -0.3 is 14.8 Å². The maximum Gasteiger partial charge on any atom is 0.338 e. The van der Waals surface area contributed by atoms with Crippen LogP contribution in [0.4, 0.5) is 5.69 Å². The van der Waals surface area contributed by atoms with E-state index in [0.29, 0.717) is 29.3 Å². The van der Waals surface area contributed by atoms with Crippen LogP contribution in [0.3, 0.4) is 0 Å². The summed E-state index contributed by atoms with van der Waals surface area (Å²) < 4.78 is 12.6. The molecule has 0 saturated heterocycles. The molecule has 28 heavy (non-hydrogen) atoms. The lowest BCUT2D eigenvalue weighted by Gasteiger charge is -2.14. The van der Waals surface area contributed by atoms with Gasteiger partial charge in [0, 0.05) is 7.05 Å². The molecular formula is C21H29N3O4. The molecule has 0 aliphatic carbocycles. The van der Waals surface area contributed by atoms with Crippen LogP contribution in [0.5, 0.6) is 5.75 Å². The molecule has 7 heteroatoms. The first kappa shape index (κ1) is 21.5. The molecule has 0 spiro atoms. The third-order valence-corrected chi connectivity index (χ3v) is 4.52. The van der Waals surface area contributed by atoms with E-state index in [4.69, 9.17) is 9.47 Å². The topological polar surface area (TPSA) is 82.4 Å². The molecule has 152 valence electrons. The Kier molecular flexibility index (Phi) is 7.61. The molecule has 2 aromatic rings. The molecule has 1 atom stereocenters. The van der Waals surface area contributed by atoms with E-state index in [2.05, 4.69) is 17.3 Å². The number of carbonyl (C=O) groups is 2. The van der Waals surface area contributed by atoms with E-state index in [1.807, 2.05) is 13.8 Å². The zero-order chi connectivity index (χ0) is 20.7. The smallest absolute Gasteiger partial charge is 0.338 e. The van der Waals surface area contributed by atoms with Crippen LogP contribution in [0.25, 0.3) is 0 Å². The van der Waals surface area contributed by atoms with Crippen LogP contribution in [-0.4, -0.2) is 34.4 Å². The average molecular weight is 387 g/mol. The Morgan fingerprint density at radius 2 is 1.86 bits per heavy atom. The summed E-state index contributed by atoms with van der Waals surface area (Å²) in [5, 5.41) is 7.03. The number of carbonyl (C=O) groups excluding carboxylic acids is 2. The molecule has 0 bridgehead atoms. The molecule has 0 aliphatic rings. The minimum atomic E-state index is -0.934. The van der Waals surface area contributed by atoms with Crippen LogP contribution in [0.1, 0.15) is 54.9 Å². The molecule has 1 heterocycles. The van der Waals surface area contributed by atoms with E-state index in [1.54, 1.807) is 42.9 Å². The second-order valence-electron chi connectivity index (χ2n) is 6.79. The molecular weight excluding hydrogens is 358 g/mol. The third-order valence-electron chi connectivity index (χ3n) is 4.52. The van der Waals surface area contributed by atoms with Gasteiger partial charge in [-0.05, 0) is 51.5 Å². The van der Waals surface area contributed by atoms with Crippen molar-refractivity contribution in [3.63, 3.8) is 0 Å². The number of rotatable bonds is 9. The highest BCUT2D eigenvalue weighted by Crippen LogP contribution is 2.19. The Balaban J connectivity index is 1.89. The van der Waals surface area contributed by atoms with Crippen LogP contribution in [-0.2, 0) is 16.6 Å². The minimum absolute atomic E-state index is 0.370. The summed E-state index contributed by atoms with van der Waals surface area (Å²) in [7, 11) is 1.80. The zero-order valence-electron chi connectivity index (χ0n) is 17.2. The zero-order valence-corrected chi connectivity index (χ0v) is 17.2. The van der Waals surface area contributed by atoms with Gasteiger partial charge in [-0.2, -0.15) is 5.10 Å². The lowest BCUT2D eigenvalue weighted by Crippen LogP contribution is -2.30. The lowest BCUT2D eigenvalue weighted by molar-refractivity contribution is -0.123. The van der Waals surface area contributed by atoms with Gasteiger partial charge in [0.05, 0.1) is 29.2 Å². The molecule has 1 amide bonds. The van der Waals surface area contributed by atoms with Crippen molar-refractivity contribution in [2.24, 2.45) is 7.05 Å². The van der Waals surface area contributed by atoms with Gasteiger partial charge in [-0.3, -0.25) is 9.48 Å². The Morgan fingerprint density at radius 1 is 1.18 bits per heavy atom. The van der Waals surface area contributed by atoms with Crippen molar-refractivity contribution in [3.8, 4) is 5.75 Å². The maximum atomic E-state index is 12.4. The van der Waals surface area contributed by atoms with Gasteiger partial charge in [-0.15, -0.1) is 0 Å². The molecule has 0 fully saturated rings. The molecule has 0 saturated carbocycles. The highest BCUT2D eigenvalue weighted by molar-refractivity contribution is 5.98. The van der Waals surface area contributed by atoms with Crippen LogP contribution in [0.15, 0.2) is 24.3 Å². The number of hydrogen-bond donors (Lipinski definition) is 1. The molecule has 0 unspecified atom stereocenters. The number of aryl methyl sites for hydroxylation is 2. The van der Waals surface area contributed by atoms with Crippen molar-refractivity contribution in [3.05, 3.63) is 41.2 Å². The number of esters is 1. The van der Waals surface area contributed by atoms with E-state index in [9.17, 15) is 9.59 Å². The van der Waals surface area contributed by atoms with Crippen molar-refractivity contribution in [1.29, 1.82) is 0 Å². The lowest BCUT2D eigenvalue weighted by atomic mass is 10.2. The van der Waals surface area contributed by atoms with Gasteiger partial charge >= 0.3 is 5.97 Å². The maximum absolute atomic E-state index is 12.4. The van der Waals surface area contributed by atoms with Crippen LogP contribution < -0.4 is 10.1 Å². The largest absolute Gasteiger partial charge is 0.494 e. The fraction of sp³-hybridized carbons (Fsp3) is 0.476. The van der Waals surface area contributed by atoms with Crippen LogP contribution >= 0.6 is 0 Å². The number of hydrogen-bond acceptors (Lipinski definition) is 5. The second kappa shape index (κ2) is 9.92. The number of unbranched alkanes of at least 4 members (excludes halogenated alkanes) is 2. The fourth-order valence-electron chi connectivity index (χ4n) is 2.69. The molecule has 1 aromatic carbocycles. The van der Waals surface area contributed by atoms with Gasteiger partial charge in [0.25, 0.3) is 5.91 Å². The first-order valence-corrected chi connectivity index (χ1v) is 9.58. The quantitative estimate of drug-likeness (QED) is 0.523. The number of nitrogens with zero attached hydrogens (tertiary/aromatic N) is 2. The summed E-state index contributed by atoms with van der Waals surface area (Å²) in [6, 6.07) is 6.74. The van der Waals surface area contributed by atoms with Crippen LogP contribution in [0.2, 0.25) is 0 Å². The second-order valence-corrected chi connectivity index (χ2v) is 6.79. The minimum Gasteiger partial charge on any atom is -0.494 e. The van der Waals surface area contributed by atoms with Gasteiger partial charge in [-0.25, -0.2) is 4.79 Å². The molecule has 1 aromatic heterocycles. The van der Waals surface area contributed by atoms with Crippen molar-refractivity contribution in [1.82, 2.24) is 9.78 Å². The predicted molar refractivity (Wildman–Crippen MR) is 108 cm³/mol. The molecule has 7 nitrogen and oxygen atoms in total. The number of amides is 1. The first-order valence-electron chi connectivity index (χ1n) is 9.58. The summed E-state index contributed by atoms with van der Waals surface area (Å²) in [6.45, 7) is 8.01. The van der Waals surface area contributed by atoms with Crippen molar-refractivity contribution >= 4 is 17.6 Å². The average Bonchev–Trinajstić information content (AvgIpc) is 2.91. The normalized spacial score (nSPS) is 11.8. The monoisotopic (exact) mass is 387 g/mol. The number of nitrogens with one attached hydrogen (secondary N) is 1.